The number of nitrogens with one attached hydrogen (secondary N) is 1. The second-order valence-electron chi connectivity index (χ2n) is 5.03. The van der Waals surface area contributed by atoms with E-state index >= 15 is 0 Å². The Kier molecular flexibility index (Phi) is 5.51. The molecule has 21 heavy (non-hydrogen) atoms. The number of aliphatic imine (C=N–C) groups is 1. The van der Waals surface area contributed by atoms with Gasteiger partial charge in [-0.2, -0.15) is 5.26 Å². The third-order valence-electron chi connectivity index (χ3n) is 3.82. The summed E-state index contributed by atoms with van der Waals surface area (Å²) in [5.74, 6) is 1.38. The fraction of sp³-hybridized carbons (Fsp3) is 0.500. The molecule has 0 bridgehead atoms. The highest BCUT2D eigenvalue weighted by atomic mass is 32.2. The van der Waals surface area contributed by atoms with E-state index in [0.717, 1.165) is 17.4 Å². The van der Waals surface area contributed by atoms with Crippen LogP contribution < -0.4 is 10.1 Å². The Morgan fingerprint density at radius 2 is 2.24 bits per heavy atom. The fourth-order valence-electron chi connectivity index (χ4n) is 2.50. The molecule has 0 amide bonds. The third kappa shape index (κ3) is 3.70. The van der Waals surface area contributed by atoms with E-state index in [1.165, 1.54) is 12.8 Å². The Bertz CT molecular complexity index is 561. The summed E-state index contributed by atoms with van der Waals surface area (Å²) >= 11 is 1.81. The number of rotatable bonds is 5. The molecule has 1 N–H and O–H groups in total. The molecule has 0 saturated heterocycles. The van der Waals surface area contributed by atoms with Crippen molar-refractivity contribution in [2.45, 2.75) is 31.9 Å². The molecular formula is C16H21N3OS. The van der Waals surface area contributed by atoms with Crippen molar-refractivity contribution in [2.75, 3.05) is 19.0 Å². The van der Waals surface area contributed by atoms with E-state index in [4.69, 9.17) is 10.00 Å². The van der Waals surface area contributed by atoms with Crippen LogP contribution in [0.1, 0.15) is 32.3 Å². The van der Waals surface area contributed by atoms with Gasteiger partial charge in [-0.25, -0.2) is 0 Å². The first-order valence-electron chi connectivity index (χ1n) is 7.28. The van der Waals surface area contributed by atoms with Gasteiger partial charge in [-0.05, 0) is 18.1 Å². The number of nitrogens with zero attached hydrogens (tertiary/aromatic N) is 2. The van der Waals surface area contributed by atoms with E-state index < -0.39 is 0 Å². The van der Waals surface area contributed by atoms with Gasteiger partial charge in [-0.15, -0.1) is 0 Å². The number of nitriles is 1. The van der Waals surface area contributed by atoms with Crippen molar-refractivity contribution in [1.82, 2.24) is 0 Å². The molecule has 0 radical (unpaired) electrons. The summed E-state index contributed by atoms with van der Waals surface area (Å²) in [6.45, 7) is 5.35. The lowest BCUT2D eigenvalue weighted by Crippen LogP contribution is -2.17. The average Bonchev–Trinajstić information content (AvgIpc) is 2.97. The van der Waals surface area contributed by atoms with Crippen LogP contribution >= 0.6 is 11.8 Å². The second kappa shape index (κ2) is 7.37. The molecule has 4 nitrogen and oxygen atoms in total. The average molecular weight is 303 g/mol. The topological polar surface area (TPSA) is 57.4 Å². The summed E-state index contributed by atoms with van der Waals surface area (Å²) in [4.78, 5) is 4.60. The van der Waals surface area contributed by atoms with Crippen LogP contribution in [0.2, 0.25) is 0 Å². The molecule has 2 rings (SSSR count). The molecule has 1 unspecified atom stereocenters. The predicted molar refractivity (Wildman–Crippen MR) is 89.1 cm³/mol. The summed E-state index contributed by atoms with van der Waals surface area (Å²) in [6, 6.07) is 7.50. The number of hydrogen-bond donors (Lipinski definition) is 1. The van der Waals surface area contributed by atoms with Gasteiger partial charge in [0.15, 0.2) is 5.17 Å². The first kappa shape index (κ1) is 15.7. The van der Waals surface area contributed by atoms with E-state index in [2.05, 4.69) is 30.2 Å². The Labute approximate surface area is 130 Å². The Hall–Kier alpha value is -1.67. The van der Waals surface area contributed by atoms with Crippen molar-refractivity contribution in [3.8, 4) is 11.8 Å². The minimum Gasteiger partial charge on any atom is -0.495 e. The summed E-state index contributed by atoms with van der Waals surface area (Å²) in [5.41, 5.74) is 1.45. The maximum atomic E-state index is 8.93. The molecule has 0 spiro atoms. The Balaban J connectivity index is 2.05. The molecular weight excluding hydrogens is 282 g/mol. The maximum Gasteiger partial charge on any atom is 0.161 e. The summed E-state index contributed by atoms with van der Waals surface area (Å²) in [6.07, 6.45) is 2.38. The molecule has 1 atom stereocenters. The van der Waals surface area contributed by atoms with Gasteiger partial charge in [-0.1, -0.05) is 38.5 Å². The third-order valence-corrected chi connectivity index (χ3v) is 5.12. The molecule has 1 aliphatic heterocycles. The van der Waals surface area contributed by atoms with E-state index in [9.17, 15) is 0 Å². The number of thioether (sulfide) groups is 1. The van der Waals surface area contributed by atoms with Gasteiger partial charge in [0.1, 0.15) is 5.75 Å². The minimum absolute atomic E-state index is 0.562. The number of amidine groups is 1. The van der Waals surface area contributed by atoms with Crippen LogP contribution in [-0.4, -0.2) is 24.1 Å². The van der Waals surface area contributed by atoms with Crippen molar-refractivity contribution >= 4 is 22.6 Å². The zero-order valence-electron chi connectivity index (χ0n) is 12.7. The van der Waals surface area contributed by atoms with Crippen molar-refractivity contribution < 1.29 is 4.74 Å². The molecule has 1 heterocycles. The van der Waals surface area contributed by atoms with Crippen LogP contribution in [0.4, 0.5) is 5.69 Å². The van der Waals surface area contributed by atoms with Gasteiger partial charge in [0.25, 0.3) is 0 Å². The van der Waals surface area contributed by atoms with Crippen LogP contribution in [-0.2, 0) is 0 Å². The van der Waals surface area contributed by atoms with Crippen LogP contribution in [0.5, 0.6) is 5.75 Å². The number of methoxy groups -OCH3 is 1. The first-order chi connectivity index (χ1) is 10.2. The summed E-state index contributed by atoms with van der Waals surface area (Å²) < 4.78 is 5.34. The smallest absolute Gasteiger partial charge is 0.161 e. The first-order valence-corrected chi connectivity index (χ1v) is 8.16. The monoisotopic (exact) mass is 303 g/mol. The Morgan fingerprint density at radius 3 is 2.86 bits per heavy atom. The number of anilines is 1. The maximum absolute atomic E-state index is 8.93. The largest absolute Gasteiger partial charge is 0.495 e. The van der Waals surface area contributed by atoms with Gasteiger partial charge in [0, 0.05) is 11.3 Å². The van der Waals surface area contributed by atoms with E-state index in [1.54, 1.807) is 19.2 Å². The highest BCUT2D eigenvalue weighted by Crippen LogP contribution is 2.33. The second-order valence-corrected chi connectivity index (χ2v) is 6.26. The summed E-state index contributed by atoms with van der Waals surface area (Å²) in [5, 5.41) is 13.8. The van der Waals surface area contributed by atoms with Crippen molar-refractivity contribution in [1.29, 1.82) is 5.26 Å². The molecule has 1 aromatic rings. The number of hydrogen-bond acceptors (Lipinski definition) is 5. The lowest BCUT2D eigenvalue weighted by atomic mass is 9.99. The standard InChI is InChI=1S/C16H21N3OS/c1-4-12(5-2)15-10-18-16(21-15)19-13-7-6-11(9-17)8-14(13)20-3/h6-8,12,15H,4-5,10H2,1-3H3,(H,18,19). The van der Waals surface area contributed by atoms with Gasteiger partial charge >= 0.3 is 0 Å². The molecule has 0 aromatic heterocycles. The molecule has 1 aromatic carbocycles. The van der Waals surface area contributed by atoms with E-state index in [0.29, 0.717) is 22.5 Å². The van der Waals surface area contributed by atoms with Gasteiger partial charge in [-0.3, -0.25) is 4.99 Å². The van der Waals surface area contributed by atoms with Gasteiger partial charge < -0.3 is 10.1 Å². The van der Waals surface area contributed by atoms with Crippen LogP contribution in [0, 0.1) is 17.2 Å². The molecule has 0 fully saturated rings. The lowest BCUT2D eigenvalue weighted by Gasteiger charge is -2.18. The van der Waals surface area contributed by atoms with E-state index in [-0.39, 0.29) is 0 Å². The predicted octanol–water partition coefficient (Wildman–Crippen LogP) is 3.89. The summed E-state index contributed by atoms with van der Waals surface area (Å²) in [7, 11) is 1.61. The lowest BCUT2D eigenvalue weighted by molar-refractivity contribution is 0.417. The Morgan fingerprint density at radius 1 is 1.48 bits per heavy atom. The molecule has 0 saturated carbocycles. The highest BCUT2D eigenvalue weighted by Gasteiger charge is 2.26. The van der Waals surface area contributed by atoms with Crippen molar-refractivity contribution in [3.63, 3.8) is 0 Å². The zero-order chi connectivity index (χ0) is 15.2. The zero-order valence-corrected chi connectivity index (χ0v) is 13.5. The number of benzene rings is 1. The van der Waals surface area contributed by atoms with Crippen LogP contribution in [0.15, 0.2) is 23.2 Å². The minimum atomic E-state index is 0.562. The fourth-order valence-corrected chi connectivity index (χ4v) is 3.83. The molecule has 1 aliphatic rings. The molecule has 5 heteroatoms. The van der Waals surface area contributed by atoms with Gasteiger partial charge in [0.2, 0.25) is 0 Å². The van der Waals surface area contributed by atoms with Gasteiger partial charge in [0.05, 0.1) is 31.0 Å². The van der Waals surface area contributed by atoms with Crippen LogP contribution in [0.25, 0.3) is 0 Å². The molecule has 112 valence electrons. The van der Waals surface area contributed by atoms with Crippen molar-refractivity contribution in [2.24, 2.45) is 10.9 Å². The normalized spacial score (nSPS) is 17.5. The van der Waals surface area contributed by atoms with E-state index in [1.807, 2.05) is 17.8 Å². The van der Waals surface area contributed by atoms with Crippen LogP contribution in [0.3, 0.4) is 0 Å². The number of ether oxygens (including phenoxy) is 1. The highest BCUT2D eigenvalue weighted by molar-refractivity contribution is 8.15. The quantitative estimate of drug-likeness (QED) is 0.896. The molecule has 0 aliphatic carbocycles. The SMILES string of the molecule is CCC(CC)C1CN=C(Nc2ccc(C#N)cc2OC)S1. The van der Waals surface area contributed by atoms with Crippen molar-refractivity contribution in [3.05, 3.63) is 23.8 Å².